The van der Waals surface area contributed by atoms with Gasteiger partial charge in [0.25, 0.3) is 0 Å². The molecular formula is C12H16N2OS2. The summed E-state index contributed by atoms with van der Waals surface area (Å²) in [4.78, 5) is 14.5. The van der Waals surface area contributed by atoms with E-state index in [1.165, 1.54) is 5.56 Å². The van der Waals surface area contributed by atoms with Gasteiger partial charge in [-0.1, -0.05) is 12.2 Å². The quantitative estimate of drug-likeness (QED) is 0.832. The number of nitrogens with zero attached hydrogens (tertiary/aromatic N) is 1. The Labute approximate surface area is 111 Å². The standard InChI is InChI=1S/C12H16N2OS2/c1-8(11(13)16)12(15)14(10-2-3-10)6-9-4-5-17-7-9/h4-5,7-8,10H,2-3,6H2,1H3,(H2,13,16). The van der Waals surface area contributed by atoms with Gasteiger partial charge in [0.1, 0.15) is 0 Å². The first kappa shape index (κ1) is 12.5. The fraction of sp³-hybridized carbons (Fsp3) is 0.500. The fourth-order valence-electron chi connectivity index (χ4n) is 1.72. The molecule has 0 bridgehead atoms. The second-order valence-corrected chi connectivity index (χ2v) is 5.70. The molecule has 0 radical (unpaired) electrons. The van der Waals surface area contributed by atoms with Gasteiger partial charge in [-0.05, 0) is 42.2 Å². The molecule has 0 spiro atoms. The molecule has 1 atom stereocenters. The Morgan fingerprint density at radius 3 is 2.88 bits per heavy atom. The van der Waals surface area contributed by atoms with Crippen LogP contribution in [0.5, 0.6) is 0 Å². The summed E-state index contributed by atoms with van der Waals surface area (Å²) >= 11 is 6.55. The van der Waals surface area contributed by atoms with Crippen molar-refractivity contribution >= 4 is 34.5 Å². The molecule has 92 valence electrons. The van der Waals surface area contributed by atoms with Crippen LogP contribution in [0, 0.1) is 5.92 Å². The van der Waals surface area contributed by atoms with Crippen molar-refractivity contribution in [2.24, 2.45) is 11.7 Å². The second-order valence-electron chi connectivity index (χ2n) is 4.45. The van der Waals surface area contributed by atoms with Crippen LogP contribution in [0.2, 0.25) is 0 Å². The van der Waals surface area contributed by atoms with E-state index in [1.54, 1.807) is 18.3 Å². The maximum Gasteiger partial charge on any atom is 0.232 e. The van der Waals surface area contributed by atoms with Crippen molar-refractivity contribution in [2.75, 3.05) is 0 Å². The van der Waals surface area contributed by atoms with Crippen LogP contribution in [0.25, 0.3) is 0 Å². The maximum absolute atomic E-state index is 12.3. The minimum atomic E-state index is -0.357. The molecule has 3 nitrogen and oxygen atoms in total. The van der Waals surface area contributed by atoms with Crippen LogP contribution >= 0.6 is 23.6 Å². The Balaban J connectivity index is 2.07. The van der Waals surface area contributed by atoms with Crippen LogP contribution in [-0.2, 0) is 11.3 Å². The largest absolute Gasteiger partial charge is 0.393 e. The predicted molar refractivity (Wildman–Crippen MR) is 73.8 cm³/mol. The van der Waals surface area contributed by atoms with Crippen LogP contribution in [0.15, 0.2) is 16.8 Å². The highest BCUT2D eigenvalue weighted by molar-refractivity contribution is 7.80. The first-order chi connectivity index (χ1) is 8.09. The van der Waals surface area contributed by atoms with Crippen LogP contribution in [0.3, 0.4) is 0 Å². The molecule has 0 aliphatic heterocycles. The third-order valence-electron chi connectivity index (χ3n) is 3.00. The molecule has 1 heterocycles. The predicted octanol–water partition coefficient (Wildman–Crippen LogP) is 2.16. The number of carbonyl (C=O) groups is 1. The summed E-state index contributed by atoms with van der Waals surface area (Å²) in [6.45, 7) is 2.47. The number of rotatable bonds is 5. The lowest BCUT2D eigenvalue weighted by atomic mass is 10.1. The molecule has 17 heavy (non-hydrogen) atoms. The molecular weight excluding hydrogens is 252 g/mol. The van der Waals surface area contributed by atoms with E-state index >= 15 is 0 Å². The van der Waals surface area contributed by atoms with Gasteiger partial charge in [0.2, 0.25) is 5.91 Å². The minimum Gasteiger partial charge on any atom is -0.393 e. The van der Waals surface area contributed by atoms with Gasteiger partial charge in [0, 0.05) is 12.6 Å². The molecule has 5 heteroatoms. The highest BCUT2D eigenvalue weighted by Crippen LogP contribution is 2.30. The topological polar surface area (TPSA) is 46.3 Å². The van der Waals surface area contributed by atoms with Crippen molar-refractivity contribution in [3.8, 4) is 0 Å². The van der Waals surface area contributed by atoms with Gasteiger partial charge in [-0.2, -0.15) is 11.3 Å². The van der Waals surface area contributed by atoms with E-state index in [1.807, 2.05) is 10.3 Å². The van der Waals surface area contributed by atoms with Crippen molar-refractivity contribution in [2.45, 2.75) is 32.4 Å². The van der Waals surface area contributed by atoms with E-state index in [0.29, 0.717) is 12.6 Å². The molecule has 1 amide bonds. The zero-order valence-corrected chi connectivity index (χ0v) is 11.4. The molecule has 1 aliphatic rings. The number of thiocarbonyl (C=S) groups is 1. The number of hydrogen-bond donors (Lipinski definition) is 1. The average Bonchev–Trinajstić information content (AvgIpc) is 3.01. The highest BCUT2D eigenvalue weighted by Gasteiger charge is 2.35. The van der Waals surface area contributed by atoms with Crippen molar-refractivity contribution in [3.63, 3.8) is 0 Å². The molecule has 1 aliphatic carbocycles. The zero-order chi connectivity index (χ0) is 12.4. The highest BCUT2D eigenvalue weighted by atomic mass is 32.1. The molecule has 1 saturated carbocycles. The van der Waals surface area contributed by atoms with Crippen molar-refractivity contribution < 1.29 is 4.79 Å². The number of carbonyl (C=O) groups excluding carboxylic acids is 1. The van der Waals surface area contributed by atoms with Gasteiger partial charge < -0.3 is 10.6 Å². The Morgan fingerprint density at radius 2 is 2.41 bits per heavy atom. The number of thiophene rings is 1. The van der Waals surface area contributed by atoms with Gasteiger partial charge in [0.15, 0.2) is 0 Å². The Morgan fingerprint density at radius 1 is 1.71 bits per heavy atom. The maximum atomic E-state index is 12.3. The lowest BCUT2D eigenvalue weighted by molar-refractivity contribution is -0.134. The molecule has 1 unspecified atom stereocenters. The van der Waals surface area contributed by atoms with Crippen LogP contribution in [-0.4, -0.2) is 21.8 Å². The Bertz CT molecular complexity index is 412. The number of amides is 1. The lowest BCUT2D eigenvalue weighted by Crippen LogP contribution is -2.40. The van der Waals surface area contributed by atoms with Crippen molar-refractivity contribution in [3.05, 3.63) is 22.4 Å². The zero-order valence-electron chi connectivity index (χ0n) is 9.76. The molecule has 2 N–H and O–H groups in total. The molecule has 1 aromatic rings. The summed E-state index contributed by atoms with van der Waals surface area (Å²) in [5.74, 6) is -0.296. The molecule has 1 fully saturated rings. The first-order valence-electron chi connectivity index (χ1n) is 5.70. The monoisotopic (exact) mass is 268 g/mol. The SMILES string of the molecule is CC(C(=O)N(Cc1ccsc1)C1CC1)C(N)=S. The van der Waals surface area contributed by atoms with E-state index in [4.69, 9.17) is 18.0 Å². The second kappa shape index (κ2) is 5.14. The lowest BCUT2D eigenvalue weighted by Gasteiger charge is -2.25. The molecule has 0 saturated heterocycles. The summed E-state index contributed by atoms with van der Waals surface area (Å²) in [5.41, 5.74) is 6.74. The third kappa shape index (κ3) is 3.04. The van der Waals surface area contributed by atoms with Gasteiger partial charge in [0.05, 0.1) is 10.9 Å². The van der Waals surface area contributed by atoms with Gasteiger partial charge in [-0.3, -0.25) is 4.79 Å². The van der Waals surface area contributed by atoms with E-state index in [2.05, 4.69) is 11.4 Å². The van der Waals surface area contributed by atoms with E-state index in [9.17, 15) is 4.79 Å². The average molecular weight is 268 g/mol. The van der Waals surface area contributed by atoms with Crippen LogP contribution in [0.4, 0.5) is 0 Å². The summed E-state index contributed by atoms with van der Waals surface area (Å²) in [6, 6.07) is 2.44. The first-order valence-corrected chi connectivity index (χ1v) is 7.05. The van der Waals surface area contributed by atoms with E-state index in [-0.39, 0.29) is 16.8 Å². The normalized spacial score (nSPS) is 16.5. The van der Waals surface area contributed by atoms with E-state index in [0.717, 1.165) is 12.8 Å². The number of hydrogen-bond acceptors (Lipinski definition) is 3. The van der Waals surface area contributed by atoms with E-state index < -0.39 is 0 Å². The molecule has 1 aromatic heterocycles. The van der Waals surface area contributed by atoms with Gasteiger partial charge >= 0.3 is 0 Å². The van der Waals surface area contributed by atoms with Crippen molar-refractivity contribution in [1.82, 2.24) is 4.90 Å². The summed E-state index contributed by atoms with van der Waals surface area (Å²) in [5, 5.41) is 4.11. The molecule has 2 rings (SSSR count). The smallest absolute Gasteiger partial charge is 0.232 e. The third-order valence-corrected chi connectivity index (χ3v) is 4.09. The van der Waals surface area contributed by atoms with Gasteiger partial charge in [-0.25, -0.2) is 0 Å². The van der Waals surface area contributed by atoms with Crippen molar-refractivity contribution in [1.29, 1.82) is 0 Å². The molecule has 0 aromatic carbocycles. The Hall–Kier alpha value is -0.940. The fourth-order valence-corrected chi connectivity index (χ4v) is 2.48. The Kier molecular flexibility index (Phi) is 3.79. The van der Waals surface area contributed by atoms with Crippen LogP contribution < -0.4 is 5.73 Å². The number of nitrogens with two attached hydrogens (primary N) is 1. The minimum absolute atomic E-state index is 0.0613. The van der Waals surface area contributed by atoms with Gasteiger partial charge in [-0.15, -0.1) is 0 Å². The summed E-state index contributed by atoms with van der Waals surface area (Å²) in [7, 11) is 0. The summed E-state index contributed by atoms with van der Waals surface area (Å²) < 4.78 is 0. The summed E-state index contributed by atoms with van der Waals surface area (Å²) in [6.07, 6.45) is 2.19. The van der Waals surface area contributed by atoms with Crippen LogP contribution in [0.1, 0.15) is 25.3 Å².